The van der Waals surface area contributed by atoms with Gasteiger partial charge < -0.3 is 15.2 Å². The van der Waals surface area contributed by atoms with Crippen molar-refractivity contribution in [2.24, 2.45) is 0 Å². The van der Waals surface area contributed by atoms with E-state index in [4.69, 9.17) is 4.52 Å². The first-order valence-corrected chi connectivity index (χ1v) is 8.51. The molecule has 0 bridgehead atoms. The molecule has 0 spiro atoms. The summed E-state index contributed by atoms with van der Waals surface area (Å²) in [6.07, 6.45) is 0.455. The van der Waals surface area contributed by atoms with Crippen LogP contribution >= 0.6 is 11.3 Å². The number of aromatic nitrogens is 2. The first kappa shape index (κ1) is 16.2. The smallest absolute Gasteiger partial charge is 0.319 e. The summed E-state index contributed by atoms with van der Waals surface area (Å²) in [5.74, 6) is 1.10. The van der Waals surface area contributed by atoms with Gasteiger partial charge in [-0.05, 0) is 36.9 Å². The van der Waals surface area contributed by atoms with E-state index >= 15 is 0 Å². The SMILES string of the molecule is CC(C)NC(=O)Nc1ccccc1Cc1nc(-c2cccs2)no1. The van der Waals surface area contributed by atoms with Gasteiger partial charge in [0.15, 0.2) is 0 Å². The van der Waals surface area contributed by atoms with E-state index < -0.39 is 0 Å². The second-order valence-electron chi connectivity index (χ2n) is 5.58. The molecule has 24 heavy (non-hydrogen) atoms. The number of benzene rings is 1. The third-order valence-electron chi connectivity index (χ3n) is 3.24. The molecule has 0 unspecified atom stereocenters. The number of para-hydroxylation sites is 1. The van der Waals surface area contributed by atoms with Gasteiger partial charge in [-0.25, -0.2) is 4.79 Å². The predicted molar refractivity (Wildman–Crippen MR) is 94.1 cm³/mol. The van der Waals surface area contributed by atoms with Crippen LogP contribution in [-0.4, -0.2) is 22.2 Å². The topological polar surface area (TPSA) is 80.0 Å². The van der Waals surface area contributed by atoms with Gasteiger partial charge in [-0.15, -0.1) is 11.3 Å². The summed E-state index contributed by atoms with van der Waals surface area (Å²) in [4.78, 5) is 17.3. The molecular formula is C17H18N4O2S. The van der Waals surface area contributed by atoms with Crippen LogP contribution in [-0.2, 0) is 6.42 Å². The van der Waals surface area contributed by atoms with E-state index in [1.165, 1.54) is 0 Å². The number of carbonyl (C=O) groups is 1. The van der Waals surface area contributed by atoms with Crippen LogP contribution in [0.15, 0.2) is 46.3 Å². The molecule has 3 rings (SSSR count). The van der Waals surface area contributed by atoms with E-state index in [1.54, 1.807) is 11.3 Å². The highest BCUT2D eigenvalue weighted by Crippen LogP contribution is 2.23. The number of hydrogen-bond donors (Lipinski definition) is 2. The molecule has 2 N–H and O–H groups in total. The van der Waals surface area contributed by atoms with Crippen molar-refractivity contribution in [1.82, 2.24) is 15.5 Å². The average Bonchev–Trinajstić information content (AvgIpc) is 3.19. The summed E-state index contributed by atoms with van der Waals surface area (Å²) in [7, 11) is 0. The maximum absolute atomic E-state index is 11.9. The highest BCUT2D eigenvalue weighted by atomic mass is 32.1. The number of rotatable bonds is 5. The lowest BCUT2D eigenvalue weighted by molar-refractivity contribution is 0.250. The fraction of sp³-hybridized carbons (Fsp3) is 0.235. The Morgan fingerprint density at radius 1 is 1.25 bits per heavy atom. The highest BCUT2D eigenvalue weighted by molar-refractivity contribution is 7.13. The average molecular weight is 342 g/mol. The quantitative estimate of drug-likeness (QED) is 0.736. The Labute approximate surface area is 143 Å². The zero-order chi connectivity index (χ0) is 16.9. The van der Waals surface area contributed by atoms with Crippen molar-refractivity contribution in [2.45, 2.75) is 26.3 Å². The largest absolute Gasteiger partial charge is 0.339 e. The molecule has 7 heteroatoms. The van der Waals surface area contributed by atoms with Crippen molar-refractivity contribution in [2.75, 3.05) is 5.32 Å². The van der Waals surface area contributed by atoms with Gasteiger partial charge in [0.25, 0.3) is 0 Å². The summed E-state index contributed by atoms with van der Waals surface area (Å²) >= 11 is 1.56. The summed E-state index contributed by atoms with van der Waals surface area (Å²) < 4.78 is 5.33. The number of anilines is 1. The van der Waals surface area contributed by atoms with Crippen LogP contribution in [0.5, 0.6) is 0 Å². The van der Waals surface area contributed by atoms with Gasteiger partial charge in [-0.3, -0.25) is 0 Å². The van der Waals surface area contributed by atoms with Crippen LogP contribution in [0, 0.1) is 0 Å². The third kappa shape index (κ3) is 3.99. The first-order chi connectivity index (χ1) is 11.6. The lowest BCUT2D eigenvalue weighted by Crippen LogP contribution is -2.34. The lowest BCUT2D eigenvalue weighted by atomic mass is 10.1. The number of carbonyl (C=O) groups excluding carboxylic acids is 1. The Hall–Kier alpha value is -2.67. The van der Waals surface area contributed by atoms with Gasteiger partial charge in [-0.1, -0.05) is 29.4 Å². The van der Waals surface area contributed by atoms with Crippen LogP contribution < -0.4 is 10.6 Å². The summed E-state index contributed by atoms with van der Waals surface area (Å²) in [6, 6.07) is 11.3. The Kier molecular flexibility index (Phi) is 4.90. The molecule has 0 radical (unpaired) electrons. The number of urea groups is 1. The normalized spacial score (nSPS) is 10.8. The van der Waals surface area contributed by atoms with Gasteiger partial charge >= 0.3 is 6.03 Å². The molecule has 0 aliphatic rings. The minimum Gasteiger partial charge on any atom is -0.339 e. The number of thiophene rings is 1. The monoisotopic (exact) mass is 342 g/mol. The van der Waals surface area contributed by atoms with Crippen molar-refractivity contribution < 1.29 is 9.32 Å². The predicted octanol–water partition coefficient (Wildman–Crippen LogP) is 3.92. The van der Waals surface area contributed by atoms with E-state index in [2.05, 4.69) is 20.8 Å². The molecule has 2 amide bonds. The molecule has 3 aromatic rings. The van der Waals surface area contributed by atoms with Gasteiger partial charge in [0.05, 0.1) is 11.3 Å². The maximum Gasteiger partial charge on any atom is 0.319 e. The van der Waals surface area contributed by atoms with Crippen LogP contribution in [0.4, 0.5) is 10.5 Å². The van der Waals surface area contributed by atoms with E-state index in [0.717, 1.165) is 16.1 Å². The van der Waals surface area contributed by atoms with Crippen LogP contribution in [0.2, 0.25) is 0 Å². The molecule has 0 saturated heterocycles. The summed E-state index contributed by atoms with van der Waals surface area (Å²) in [6.45, 7) is 3.83. The van der Waals surface area contributed by atoms with Crippen molar-refractivity contribution in [3.05, 3.63) is 53.2 Å². The van der Waals surface area contributed by atoms with Crippen LogP contribution in [0.3, 0.4) is 0 Å². The molecule has 2 aromatic heterocycles. The van der Waals surface area contributed by atoms with Gasteiger partial charge in [0.2, 0.25) is 11.7 Å². The van der Waals surface area contributed by atoms with Gasteiger partial charge in [0.1, 0.15) is 0 Å². The minimum atomic E-state index is -0.234. The summed E-state index contributed by atoms with van der Waals surface area (Å²) in [5.41, 5.74) is 1.64. The second-order valence-corrected chi connectivity index (χ2v) is 6.52. The Morgan fingerprint density at radius 2 is 2.08 bits per heavy atom. The Bertz CT molecular complexity index is 812. The number of nitrogens with one attached hydrogen (secondary N) is 2. The molecule has 0 saturated carbocycles. The fourth-order valence-electron chi connectivity index (χ4n) is 2.21. The van der Waals surface area contributed by atoms with Crippen LogP contribution in [0.25, 0.3) is 10.7 Å². The molecular weight excluding hydrogens is 324 g/mol. The van der Waals surface area contributed by atoms with Crippen molar-refractivity contribution in [3.8, 4) is 10.7 Å². The van der Waals surface area contributed by atoms with Crippen molar-refractivity contribution in [1.29, 1.82) is 0 Å². The van der Waals surface area contributed by atoms with Crippen molar-refractivity contribution in [3.63, 3.8) is 0 Å². The Balaban J connectivity index is 1.75. The van der Waals surface area contributed by atoms with Gasteiger partial charge in [0, 0.05) is 11.7 Å². The molecule has 0 aliphatic carbocycles. The number of nitrogens with zero attached hydrogens (tertiary/aromatic N) is 2. The van der Waals surface area contributed by atoms with E-state index in [0.29, 0.717) is 18.1 Å². The first-order valence-electron chi connectivity index (χ1n) is 7.63. The molecule has 124 valence electrons. The van der Waals surface area contributed by atoms with E-state index in [9.17, 15) is 4.79 Å². The number of amides is 2. The molecule has 0 fully saturated rings. The van der Waals surface area contributed by atoms with Crippen molar-refractivity contribution >= 4 is 23.1 Å². The fourth-order valence-corrected chi connectivity index (χ4v) is 2.86. The van der Waals surface area contributed by atoms with E-state index in [-0.39, 0.29) is 12.1 Å². The maximum atomic E-state index is 11.9. The minimum absolute atomic E-state index is 0.0708. The molecule has 0 aliphatic heterocycles. The van der Waals surface area contributed by atoms with Crippen LogP contribution in [0.1, 0.15) is 25.3 Å². The zero-order valence-electron chi connectivity index (χ0n) is 13.4. The summed E-state index contributed by atoms with van der Waals surface area (Å²) in [5, 5.41) is 11.6. The molecule has 6 nitrogen and oxygen atoms in total. The number of hydrogen-bond acceptors (Lipinski definition) is 5. The molecule has 2 heterocycles. The zero-order valence-corrected chi connectivity index (χ0v) is 14.3. The lowest BCUT2D eigenvalue weighted by Gasteiger charge is -2.12. The third-order valence-corrected chi connectivity index (χ3v) is 4.10. The van der Waals surface area contributed by atoms with Gasteiger partial charge in [-0.2, -0.15) is 4.98 Å². The van der Waals surface area contributed by atoms with E-state index in [1.807, 2.05) is 55.6 Å². The second kappa shape index (κ2) is 7.27. The Morgan fingerprint density at radius 3 is 2.83 bits per heavy atom. The standard InChI is InChI=1S/C17H18N4O2S/c1-11(2)18-17(22)19-13-7-4-3-6-12(13)10-15-20-16(21-23-15)14-8-5-9-24-14/h3-9,11H,10H2,1-2H3,(H2,18,19,22). The molecule has 1 aromatic carbocycles. The highest BCUT2D eigenvalue weighted by Gasteiger charge is 2.13. The molecule has 0 atom stereocenters.